The molecule has 0 radical (unpaired) electrons. The Kier molecular flexibility index (Phi) is 14.9. The van der Waals surface area contributed by atoms with E-state index in [4.69, 9.17) is 0 Å². The fraction of sp³-hybridized carbons (Fsp3) is 0.208. The lowest BCUT2D eigenvalue weighted by Crippen LogP contribution is -2.19. The van der Waals surface area contributed by atoms with E-state index in [1.54, 1.807) is 62.4 Å². The predicted molar refractivity (Wildman–Crippen MR) is 263 cm³/mol. The van der Waals surface area contributed by atoms with E-state index in [1.165, 1.54) is 21.8 Å². The highest BCUT2D eigenvalue weighted by Crippen LogP contribution is 2.40. The highest BCUT2D eigenvalue weighted by atomic mass is 32.2. The molecular formula is C48H34F12N14O2S2. The number of hydrogen-bond donors (Lipinski definition) is 4. The molecule has 0 unspecified atom stereocenters. The van der Waals surface area contributed by atoms with Crippen molar-refractivity contribution in [3.8, 4) is 0 Å². The smallest absolute Gasteiger partial charge is 0.357 e. The molecule has 0 saturated heterocycles. The van der Waals surface area contributed by atoms with Crippen LogP contribution in [0.25, 0.3) is 34.0 Å². The molecule has 0 fully saturated rings. The summed E-state index contributed by atoms with van der Waals surface area (Å²) in [5.74, 6) is 1.61. The number of alkyl halides is 12. The number of aromatic amines is 2. The summed E-state index contributed by atoms with van der Waals surface area (Å²) >= 11 is 2.28. The average molecular weight is 1130 g/mol. The molecular weight excluding hydrogens is 1100 g/mol. The van der Waals surface area contributed by atoms with Gasteiger partial charge in [0.25, 0.3) is 11.8 Å². The fourth-order valence-corrected chi connectivity index (χ4v) is 9.43. The molecule has 10 rings (SSSR count). The predicted octanol–water partition coefficient (Wildman–Crippen LogP) is 10.6. The number of nitrogens with zero attached hydrogens (tertiary/aromatic N) is 10. The number of benzene rings is 4. The fourth-order valence-electron chi connectivity index (χ4n) is 7.81. The molecule has 0 bridgehead atoms. The van der Waals surface area contributed by atoms with Crippen molar-refractivity contribution >= 4 is 79.6 Å². The molecule has 8 aromatic rings. The van der Waals surface area contributed by atoms with E-state index in [0.29, 0.717) is 102 Å². The van der Waals surface area contributed by atoms with Gasteiger partial charge in [-0.25, -0.2) is 0 Å². The number of amides is 2. The molecule has 2 aliphatic rings. The molecule has 4 aromatic carbocycles. The van der Waals surface area contributed by atoms with Gasteiger partial charge in [-0.15, -0.1) is 20.4 Å². The van der Waals surface area contributed by atoms with Crippen LogP contribution in [-0.2, 0) is 60.5 Å². The van der Waals surface area contributed by atoms with E-state index in [0.717, 1.165) is 35.7 Å². The van der Waals surface area contributed by atoms with E-state index in [-0.39, 0.29) is 23.3 Å². The van der Waals surface area contributed by atoms with Crippen molar-refractivity contribution in [3.63, 3.8) is 0 Å². The number of aliphatic imine (C=N–C) groups is 2. The topological polar surface area (TPSA) is 202 Å². The number of amidine groups is 2. The van der Waals surface area contributed by atoms with Crippen LogP contribution in [0.15, 0.2) is 105 Å². The normalized spacial score (nSPS) is 15.4. The van der Waals surface area contributed by atoms with Gasteiger partial charge in [-0.3, -0.25) is 19.0 Å². The van der Waals surface area contributed by atoms with Gasteiger partial charge in [0.05, 0.1) is 81.7 Å². The second kappa shape index (κ2) is 21.3. The van der Waals surface area contributed by atoms with Crippen LogP contribution in [0.5, 0.6) is 0 Å². The number of nitrogens with one attached hydrogen (secondary N) is 4. The monoisotopic (exact) mass is 1130 g/mol. The molecule has 4 N–H and O–H groups in total. The number of thioether (sulfide) groups is 2. The Morgan fingerprint density at radius 2 is 0.923 bits per heavy atom. The quantitative estimate of drug-likeness (QED) is 0.0747. The molecule has 2 amide bonds. The first-order chi connectivity index (χ1) is 36.7. The van der Waals surface area contributed by atoms with Gasteiger partial charge in [0, 0.05) is 10.8 Å². The number of rotatable bonds is 10. The lowest BCUT2D eigenvalue weighted by atomic mass is 10.0. The van der Waals surface area contributed by atoms with Gasteiger partial charge in [0.15, 0.2) is 10.3 Å². The maximum atomic E-state index is 13.5. The van der Waals surface area contributed by atoms with Gasteiger partial charge >= 0.3 is 24.7 Å². The van der Waals surface area contributed by atoms with Crippen LogP contribution in [0.3, 0.4) is 0 Å². The van der Waals surface area contributed by atoms with Crippen LogP contribution in [-0.4, -0.2) is 72.1 Å². The summed E-state index contributed by atoms with van der Waals surface area (Å²) < 4.78 is 162. The summed E-state index contributed by atoms with van der Waals surface area (Å²) in [5.41, 5.74) is -4.00. The highest BCUT2D eigenvalue weighted by Gasteiger charge is 2.40. The number of fused-ring (bicyclic) bond motifs is 2. The van der Waals surface area contributed by atoms with Crippen LogP contribution in [0.4, 0.5) is 52.7 Å². The number of carbonyl (C=O) groups excluding carboxylic acids is 2. The average Bonchev–Trinajstić information content (AvgIpc) is 4.31. The van der Waals surface area contributed by atoms with Crippen LogP contribution in [0.2, 0.25) is 0 Å². The molecule has 2 aliphatic heterocycles. The van der Waals surface area contributed by atoms with Gasteiger partial charge in [-0.1, -0.05) is 24.3 Å². The third kappa shape index (κ3) is 12.8. The maximum absolute atomic E-state index is 13.5. The Balaban J connectivity index is 0.000000190. The molecule has 4 aromatic heterocycles. The second-order valence-corrected chi connectivity index (χ2v) is 19.1. The number of halogens is 12. The van der Waals surface area contributed by atoms with Crippen molar-refractivity contribution in [2.45, 2.75) is 64.7 Å². The van der Waals surface area contributed by atoms with Gasteiger partial charge < -0.3 is 20.6 Å². The maximum Gasteiger partial charge on any atom is 0.416 e. The van der Waals surface area contributed by atoms with E-state index in [9.17, 15) is 62.3 Å². The molecule has 78 heavy (non-hydrogen) atoms. The first-order valence-electron chi connectivity index (χ1n) is 22.5. The molecule has 0 saturated carbocycles. The molecule has 6 heterocycles. The lowest BCUT2D eigenvalue weighted by molar-refractivity contribution is -0.145. The van der Waals surface area contributed by atoms with E-state index >= 15 is 0 Å². The van der Waals surface area contributed by atoms with Gasteiger partial charge in [-0.2, -0.15) is 72.9 Å². The Labute approximate surface area is 438 Å². The molecule has 404 valence electrons. The zero-order valence-corrected chi connectivity index (χ0v) is 41.3. The van der Waals surface area contributed by atoms with Crippen molar-refractivity contribution in [2.24, 2.45) is 9.98 Å². The van der Waals surface area contributed by atoms with Crippen molar-refractivity contribution in [3.05, 3.63) is 163 Å². The Morgan fingerprint density at radius 3 is 1.27 bits per heavy atom. The minimum atomic E-state index is -4.98. The summed E-state index contributed by atoms with van der Waals surface area (Å²) in [6, 6.07) is 13.0. The largest absolute Gasteiger partial charge is 0.416 e. The second-order valence-electron chi connectivity index (χ2n) is 17.1. The number of aryl methyl sites for hydroxylation is 2. The number of carbonyl (C=O) groups is 2. The zero-order valence-electron chi connectivity index (χ0n) is 39.7. The molecule has 0 spiro atoms. The highest BCUT2D eigenvalue weighted by molar-refractivity contribution is 8.18. The first-order valence-corrected chi connectivity index (χ1v) is 24.1. The molecule has 16 nitrogen and oxygen atoms in total. The molecule has 0 aliphatic carbocycles. The number of H-pyrrole nitrogens is 2. The summed E-state index contributed by atoms with van der Waals surface area (Å²) in [4.78, 5) is 39.3. The van der Waals surface area contributed by atoms with Crippen molar-refractivity contribution in [2.75, 3.05) is 0 Å². The minimum absolute atomic E-state index is 0.110. The number of hydrogen-bond acceptors (Lipinski definition) is 12. The van der Waals surface area contributed by atoms with Crippen LogP contribution in [0.1, 0.15) is 67.8 Å². The van der Waals surface area contributed by atoms with Crippen LogP contribution < -0.4 is 10.6 Å². The minimum Gasteiger partial charge on any atom is -0.357 e. The molecule has 30 heteroatoms. The Bertz CT molecular complexity index is 3510. The number of aromatic nitrogens is 10. The SMILES string of the molecule is Cc1nnc(CNC2=NC(=O)C(=Cc3ccc4c(cnn4Cc4ccc(C(F)(F)F)cc4C(F)(F)F)c3)S2)[nH]1.Cc1nnc(CNC2=NC(=O)C(=Cc3ccc4c(cnn4Cc4ccc(C(F)(F)F)cc4C(F)(F)F)c3)S2)[nH]1. The summed E-state index contributed by atoms with van der Waals surface area (Å²) in [5, 5.41) is 31.8. The third-order valence-corrected chi connectivity index (χ3v) is 13.3. The summed E-state index contributed by atoms with van der Waals surface area (Å²) in [6.45, 7) is 3.34. The van der Waals surface area contributed by atoms with Crippen LogP contribution in [0, 0.1) is 13.8 Å². The molecule has 0 atom stereocenters. The summed E-state index contributed by atoms with van der Waals surface area (Å²) in [6.07, 6.45) is -13.7. The zero-order chi connectivity index (χ0) is 55.9. The van der Waals surface area contributed by atoms with Gasteiger partial charge in [0.1, 0.15) is 23.3 Å². The lowest BCUT2D eigenvalue weighted by Gasteiger charge is -2.16. The Morgan fingerprint density at radius 1 is 0.526 bits per heavy atom. The van der Waals surface area contributed by atoms with Crippen molar-refractivity contribution in [1.82, 2.24) is 60.6 Å². The van der Waals surface area contributed by atoms with E-state index in [2.05, 4.69) is 61.2 Å². The van der Waals surface area contributed by atoms with Crippen LogP contribution >= 0.6 is 23.5 Å². The van der Waals surface area contributed by atoms with E-state index < -0.39 is 71.9 Å². The van der Waals surface area contributed by atoms with Crippen molar-refractivity contribution < 1.29 is 62.3 Å². The van der Waals surface area contributed by atoms with Gasteiger partial charge in [-0.05, 0) is 120 Å². The standard InChI is InChI=1S/2C24H17F6N7OS/c2*1-12-33-20(36-35-12)10-31-22-34-21(38)19(39-22)7-13-2-5-18-15(6-13)9-32-37(18)11-14-3-4-16(23(25,26)27)8-17(14)24(28,29)30/h2*2-9H,10-11H2,1H3,(H,31,34,38)(H,33,35,36). The first kappa shape index (κ1) is 54.5. The summed E-state index contributed by atoms with van der Waals surface area (Å²) in [7, 11) is 0. The van der Waals surface area contributed by atoms with Gasteiger partial charge in [0.2, 0.25) is 0 Å². The Hall–Kier alpha value is -8.28. The van der Waals surface area contributed by atoms with E-state index in [1.807, 2.05) is 0 Å². The van der Waals surface area contributed by atoms with Crippen molar-refractivity contribution in [1.29, 1.82) is 0 Å². The third-order valence-electron chi connectivity index (χ3n) is 11.4.